The molecule has 24 heavy (non-hydrogen) atoms. The smallest absolute Gasteiger partial charge is 0.352 e. The molecule has 9 heteroatoms. The molecule has 1 saturated carbocycles. The van der Waals surface area contributed by atoms with E-state index >= 15 is 0 Å². The molecule has 0 spiro atoms. The zero-order valence-electron chi connectivity index (χ0n) is 13.2. The predicted molar refractivity (Wildman–Crippen MR) is 81.5 cm³/mol. The number of carbonyl (C=O) groups is 1. The van der Waals surface area contributed by atoms with E-state index in [4.69, 9.17) is 0 Å². The summed E-state index contributed by atoms with van der Waals surface area (Å²) in [5, 5.41) is 0. The molecule has 0 radical (unpaired) electrons. The van der Waals surface area contributed by atoms with E-state index in [0.717, 1.165) is 18.7 Å². The Morgan fingerprint density at radius 1 is 1.21 bits per heavy atom. The zero-order chi connectivity index (χ0) is 17.2. The van der Waals surface area contributed by atoms with Crippen LogP contribution in [-0.4, -0.2) is 77.2 Å². The first-order valence-corrected chi connectivity index (χ1v) is 8.02. The van der Waals surface area contributed by atoms with E-state index in [1.165, 1.54) is 4.90 Å². The van der Waals surface area contributed by atoms with Crippen LogP contribution in [0.5, 0.6) is 0 Å². The van der Waals surface area contributed by atoms with Crippen LogP contribution in [0, 0.1) is 0 Å². The van der Waals surface area contributed by atoms with Crippen molar-refractivity contribution in [3.63, 3.8) is 0 Å². The molecule has 2 fully saturated rings. The molecule has 1 aromatic rings. The molecule has 0 atom stereocenters. The maximum absolute atomic E-state index is 12.6. The largest absolute Gasteiger partial charge is 0.401 e. The van der Waals surface area contributed by atoms with Gasteiger partial charge in [0.05, 0.1) is 19.3 Å². The number of halogens is 3. The van der Waals surface area contributed by atoms with Crippen molar-refractivity contribution in [3.8, 4) is 0 Å². The van der Waals surface area contributed by atoms with Crippen LogP contribution in [0.3, 0.4) is 0 Å². The molecule has 0 aromatic carbocycles. The molecule has 1 amide bonds. The predicted octanol–water partition coefficient (Wildman–Crippen LogP) is 1.15. The SMILES string of the molecule is O=C(CN(CC(F)(F)F)C1CC1)N1CCN(c2cnccn2)CC1. The van der Waals surface area contributed by atoms with Crippen molar-refractivity contribution in [2.24, 2.45) is 0 Å². The number of anilines is 1. The quantitative estimate of drug-likeness (QED) is 0.803. The van der Waals surface area contributed by atoms with Gasteiger partial charge in [-0.15, -0.1) is 0 Å². The van der Waals surface area contributed by atoms with Crippen molar-refractivity contribution < 1.29 is 18.0 Å². The first kappa shape index (κ1) is 16.9. The summed E-state index contributed by atoms with van der Waals surface area (Å²) in [7, 11) is 0. The summed E-state index contributed by atoms with van der Waals surface area (Å²) in [4.78, 5) is 25.5. The first-order chi connectivity index (χ1) is 11.4. The maximum atomic E-state index is 12.6. The van der Waals surface area contributed by atoms with E-state index in [2.05, 4.69) is 9.97 Å². The van der Waals surface area contributed by atoms with E-state index in [0.29, 0.717) is 26.2 Å². The number of piperazine rings is 1. The number of alkyl halides is 3. The van der Waals surface area contributed by atoms with Gasteiger partial charge in [0.15, 0.2) is 0 Å². The lowest BCUT2D eigenvalue weighted by molar-refractivity contribution is -0.152. The second-order valence-electron chi connectivity index (χ2n) is 6.18. The molecule has 0 N–H and O–H groups in total. The molecule has 1 saturated heterocycles. The minimum atomic E-state index is -4.27. The lowest BCUT2D eigenvalue weighted by atomic mass is 10.3. The van der Waals surface area contributed by atoms with Crippen LogP contribution in [0.4, 0.5) is 19.0 Å². The van der Waals surface area contributed by atoms with Gasteiger partial charge in [-0.05, 0) is 12.8 Å². The average Bonchev–Trinajstić information content (AvgIpc) is 3.39. The van der Waals surface area contributed by atoms with Crippen molar-refractivity contribution >= 4 is 11.7 Å². The molecule has 1 aromatic heterocycles. The summed E-state index contributed by atoms with van der Waals surface area (Å²) in [5.74, 6) is 0.520. The van der Waals surface area contributed by atoms with Crippen molar-refractivity contribution in [2.45, 2.75) is 25.1 Å². The van der Waals surface area contributed by atoms with Gasteiger partial charge in [-0.25, -0.2) is 4.98 Å². The summed E-state index contributed by atoms with van der Waals surface area (Å²) in [6.45, 7) is 1.01. The molecule has 2 aliphatic rings. The summed E-state index contributed by atoms with van der Waals surface area (Å²) < 4.78 is 37.9. The molecular formula is C15H20F3N5O. The molecule has 1 aliphatic carbocycles. The Morgan fingerprint density at radius 2 is 1.92 bits per heavy atom. The van der Waals surface area contributed by atoms with Crippen molar-refractivity contribution in [2.75, 3.05) is 44.2 Å². The van der Waals surface area contributed by atoms with Gasteiger partial charge in [-0.1, -0.05) is 0 Å². The standard InChI is InChI=1S/C15H20F3N5O/c16-15(17,18)11-23(12-1-2-12)10-14(24)22-7-5-21(6-8-22)13-9-19-3-4-20-13/h3-4,9,12H,1-2,5-8,10-11H2. The van der Waals surface area contributed by atoms with Crippen LogP contribution in [0.2, 0.25) is 0 Å². The van der Waals surface area contributed by atoms with E-state index in [1.807, 2.05) is 4.90 Å². The highest BCUT2D eigenvalue weighted by Gasteiger charge is 2.39. The normalized spacial score (nSPS) is 19.0. The second kappa shape index (κ2) is 6.92. The highest BCUT2D eigenvalue weighted by Crippen LogP contribution is 2.30. The Balaban J connectivity index is 1.51. The molecule has 132 valence electrons. The van der Waals surface area contributed by atoms with Gasteiger partial charge in [0, 0.05) is 44.6 Å². The molecule has 2 heterocycles. The summed E-state index contributed by atoms with van der Waals surface area (Å²) in [6, 6.07) is -0.101. The number of rotatable bonds is 5. The summed E-state index contributed by atoms with van der Waals surface area (Å²) >= 11 is 0. The van der Waals surface area contributed by atoms with Gasteiger partial charge in [0.2, 0.25) is 5.91 Å². The number of hydrogen-bond acceptors (Lipinski definition) is 5. The molecule has 0 bridgehead atoms. The Kier molecular flexibility index (Phi) is 4.88. The van der Waals surface area contributed by atoms with Crippen molar-refractivity contribution in [3.05, 3.63) is 18.6 Å². The minimum Gasteiger partial charge on any atom is -0.352 e. The Bertz CT molecular complexity index is 556. The minimum absolute atomic E-state index is 0.101. The maximum Gasteiger partial charge on any atom is 0.401 e. The monoisotopic (exact) mass is 343 g/mol. The Labute approximate surface area is 138 Å². The fourth-order valence-corrected chi connectivity index (χ4v) is 2.90. The zero-order valence-corrected chi connectivity index (χ0v) is 13.2. The van der Waals surface area contributed by atoms with Gasteiger partial charge >= 0.3 is 6.18 Å². The third-order valence-corrected chi connectivity index (χ3v) is 4.29. The first-order valence-electron chi connectivity index (χ1n) is 8.02. The number of hydrogen-bond donors (Lipinski definition) is 0. The van der Waals surface area contributed by atoms with Gasteiger partial charge in [0.1, 0.15) is 5.82 Å². The number of nitrogens with zero attached hydrogens (tertiary/aromatic N) is 5. The van der Waals surface area contributed by atoms with Crippen LogP contribution in [0.25, 0.3) is 0 Å². The highest BCUT2D eigenvalue weighted by molar-refractivity contribution is 5.78. The highest BCUT2D eigenvalue weighted by atomic mass is 19.4. The third-order valence-electron chi connectivity index (χ3n) is 4.29. The van der Waals surface area contributed by atoms with Crippen molar-refractivity contribution in [1.82, 2.24) is 19.8 Å². The van der Waals surface area contributed by atoms with Crippen LogP contribution < -0.4 is 4.90 Å². The lowest BCUT2D eigenvalue weighted by Gasteiger charge is -2.36. The van der Waals surface area contributed by atoms with Crippen LogP contribution in [0.15, 0.2) is 18.6 Å². The Hall–Kier alpha value is -1.90. The summed E-state index contributed by atoms with van der Waals surface area (Å²) in [6.07, 6.45) is 2.07. The van der Waals surface area contributed by atoms with E-state index in [-0.39, 0.29) is 18.5 Å². The fourth-order valence-electron chi connectivity index (χ4n) is 2.90. The second-order valence-corrected chi connectivity index (χ2v) is 6.18. The molecular weight excluding hydrogens is 323 g/mol. The number of carbonyl (C=O) groups excluding carboxylic acids is 1. The molecule has 6 nitrogen and oxygen atoms in total. The Morgan fingerprint density at radius 3 is 2.46 bits per heavy atom. The van der Waals surface area contributed by atoms with Gasteiger partial charge in [-0.2, -0.15) is 13.2 Å². The summed E-state index contributed by atoms with van der Waals surface area (Å²) in [5.41, 5.74) is 0. The molecule has 0 unspecified atom stereocenters. The van der Waals surface area contributed by atoms with Crippen LogP contribution in [0.1, 0.15) is 12.8 Å². The van der Waals surface area contributed by atoms with Crippen molar-refractivity contribution in [1.29, 1.82) is 0 Å². The molecule has 3 rings (SSSR count). The lowest BCUT2D eigenvalue weighted by Crippen LogP contribution is -2.52. The van der Waals surface area contributed by atoms with E-state index < -0.39 is 12.7 Å². The van der Waals surface area contributed by atoms with Gasteiger partial charge in [-0.3, -0.25) is 14.7 Å². The van der Waals surface area contributed by atoms with E-state index in [9.17, 15) is 18.0 Å². The average molecular weight is 343 g/mol. The topological polar surface area (TPSA) is 52.6 Å². The van der Waals surface area contributed by atoms with Gasteiger partial charge < -0.3 is 9.80 Å². The fraction of sp³-hybridized carbons (Fsp3) is 0.667. The number of aromatic nitrogens is 2. The third kappa shape index (κ3) is 4.56. The van der Waals surface area contributed by atoms with E-state index in [1.54, 1.807) is 23.5 Å². The van der Waals surface area contributed by atoms with Crippen LogP contribution >= 0.6 is 0 Å². The van der Waals surface area contributed by atoms with Crippen LogP contribution in [-0.2, 0) is 4.79 Å². The van der Waals surface area contributed by atoms with Gasteiger partial charge in [0.25, 0.3) is 0 Å². The molecule has 1 aliphatic heterocycles. The number of amides is 1.